The Morgan fingerprint density at radius 2 is 2.09 bits per heavy atom. The lowest BCUT2D eigenvalue weighted by Crippen LogP contribution is -2.43. The minimum Gasteiger partial charge on any atom is -0.493 e. The van der Waals surface area contributed by atoms with E-state index >= 15 is 0 Å². The van der Waals surface area contributed by atoms with Gasteiger partial charge in [0.05, 0.1) is 18.7 Å². The van der Waals surface area contributed by atoms with Crippen LogP contribution in [0.1, 0.15) is 50.4 Å². The Bertz CT molecular complexity index is 561. The van der Waals surface area contributed by atoms with Crippen molar-refractivity contribution in [3.05, 3.63) is 22.7 Å². The Labute approximate surface area is 143 Å². The fraction of sp³-hybridized carbons (Fsp3) is 0.611. The molecule has 1 saturated carbocycles. The first-order valence-electron chi connectivity index (χ1n) is 8.29. The molecule has 128 valence electrons. The van der Waals surface area contributed by atoms with E-state index < -0.39 is 0 Å². The molecule has 5 heteroatoms. The summed E-state index contributed by atoms with van der Waals surface area (Å²) in [4.78, 5) is 12.6. The monoisotopic (exact) mass is 339 g/mol. The van der Waals surface area contributed by atoms with Crippen molar-refractivity contribution in [3.8, 4) is 11.5 Å². The van der Waals surface area contributed by atoms with E-state index in [9.17, 15) is 4.79 Å². The van der Waals surface area contributed by atoms with Crippen LogP contribution in [0.4, 0.5) is 0 Å². The van der Waals surface area contributed by atoms with Crippen molar-refractivity contribution in [2.24, 2.45) is 11.8 Å². The zero-order valence-corrected chi connectivity index (χ0v) is 15.1. The van der Waals surface area contributed by atoms with Crippen LogP contribution < -0.4 is 14.8 Å². The van der Waals surface area contributed by atoms with Crippen molar-refractivity contribution in [3.63, 3.8) is 0 Å². The Hall–Kier alpha value is -1.42. The summed E-state index contributed by atoms with van der Waals surface area (Å²) in [6.45, 7) is 6.82. The maximum absolute atomic E-state index is 12.6. The number of halogens is 1. The molecule has 1 aliphatic rings. The van der Waals surface area contributed by atoms with Gasteiger partial charge in [-0.3, -0.25) is 4.79 Å². The van der Waals surface area contributed by atoms with Gasteiger partial charge in [-0.05, 0) is 37.3 Å². The van der Waals surface area contributed by atoms with Gasteiger partial charge in [0, 0.05) is 11.6 Å². The average molecular weight is 340 g/mol. The molecule has 0 radical (unpaired) electrons. The lowest BCUT2D eigenvalue weighted by molar-refractivity contribution is 0.0890. The third kappa shape index (κ3) is 4.11. The maximum atomic E-state index is 12.6. The topological polar surface area (TPSA) is 47.6 Å². The molecular formula is C18H26ClNO3. The van der Waals surface area contributed by atoms with Crippen LogP contribution in [0, 0.1) is 11.8 Å². The summed E-state index contributed by atoms with van der Waals surface area (Å²) in [7, 11) is 1.54. The summed E-state index contributed by atoms with van der Waals surface area (Å²) in [6.07, 6.45) is 3.42. The van der Waals surface area contributed by atoms with Gasteiger partial charge < -0.3 is 14.8 Å². The fourth-order valence-electron chi connectivity index (χ4n) is 3.17. The third-order valence-corrected chi connectivity index (χ3v) is 5.08. The fourth-order valence-corrected chi connectivity index (χ4v) is 3.44. The molecule has 0 heterocycles. The normalized spacial score (nSPS) is 24.1. The zero-order chi connectivity index (χ0) is 17.0. The van der Waals surface area contributed by atoms with Gasteiger partial charge in [-0.1, -0.05) is 38.3 Å². The predicted molar refractivity (Wildman–Crippen MR) is 92.6 cm³/mol. The van der Waals surface area contributed by atoms with Gasteiger partial charge in [0.25, 0.3) is 5.91 Å². The smallest absolute Gasteiger partial charge is 0.251 e. The second-order valence-electron chi connectivity index (χ2n) is 6.27. The number of nitrogens with one attached hydrogen (secondary N) is 1. The molecule has 1 fully saturated rings. The van der Waals surface area contributed by atoms with Gasteiger partial charge >= 0.3 is 0 Å². The zero-order valence-electron chi connectivity index (χ0n) is 14.3. The summed E-state index contributed by atoms with van der Waals surface area (Å²) in [5.74, 6) is 1.96. The van der Waals surface area contributed by atoms with E-state index in [-0.39, 0.29) is 11.9 Å². The molecule has 0 bridgehead atoms. The highest BCUT2D eigenvalue weighted by Crippen LogP contribution is 2.36. The Morgan fingerprint density at radius 3 is 2.74 bits per heavy atom. The van der Waals surface area contributed by atoms with E-state index in [1.165, 1.54) is 6.42 Å². The Balaban J connectivity index is 2.17. The van der Waals surface area contributed by atoms with Crippen LogP contribution in [-0.2, 0) is 0 Å². The highest BCUT2D eigenvalue weighted by Gasteiger charge is 2.28. The quantitative estimate of drug-likeness (QED) is 0.869. The molecule has 3 atom stereocenters. The molecule has 0 aromatic heterocycles. The number of ether oxygens (including phenoxy) is 2. The van der Waals surface area contributed by atoms with E-state index in [2.05, 4.69) is 19.2 Å². The molecule has 1 aromatic carbocycles. The van der Waals surface area contributed by atoms with Crippen LogP contribution in [-0.4, -0.2) is 25.7 Å². The minimum atomic E-state index is -0.112. The lowest BCUT2D eigenvalue weighted by atomic mass is 9.78. The summed E-state index contributed by atoms with van der Waals surface area (Å²) in [5.41, 5.74) is 0.501. The summed E-state index contributed by atoms with van der Waals surface area (Å²) in [6, 6.07) is 3.53. The summed E-state index contributed by atoms with van der Waals surface area (Å²) < 4.78 is 10.8. The molecule has 0 aliphatic heterocycles. The standard InChI is InChI=1S/C18H26ClNO3/c1-5-23-17-14(19)9-13(10-16(17)22-4)18(21)20-15-8-6-7-11(2)12(15)3/h9-12,15H,5-8H2,1-4H3,(H,20,21)/t11-,12+,15+/m0/s1. The van der Waals surface area contributed by atoms with Crippen molar-refractivity contribution < 1.29 is 14.3 Å². The second-order valence-corrected chi connectivity index (χ2v) is 6.68. The van der Waals surface area contributed by atoms with E-state index in [1.54, 1.807) is 19.2 Å². The van der Waals surface area contributed by atoms with Crippen LogP contribution >= 0.6 is 11.6 Å². The minimum absolute atomic E-state index is 0.112. The number of carbonyl (C=O) groups excluding carboxylic acids is 1. The number of hydrogen-bond donors (Lipinski definition) is 1. The summed E-state index contributed by atoms with van der Waals surface area (Å²) >= 11 is 6.25. The van der Waals surface area contributed by atoms with E-state index in [4.69, 9.17) is 21.1 Å². The lowest BCUT2D eigenvalue weighted by Gasteiger charge is -2.34. The first-order valence-corrected chi connectivity index (χ1v) is 8.66. The van der Waals surface area contributed by atoms with E-state index in [0.29, 0.717) is 40.5 Å². The number of amides is 1. The van der Waals surface area contributed by atoms with Gasteiger partial charge in [-0.25, -0.2) is 0 Å². The molecule has 2 rings (SSSR count). The first kappa shape index (κ1) is 17.9. The summed E-state index contributed by atoms with van der Waals surface area (Å²) in [5, 5.41) is 3.54. The number of carbonyl (C=O) groups is 1. The Morgan fingerprint density at radius 1 is 1.35 bits per heavy atom. The molecule has 1 amide bonds. The van der Waals surface area contributed by atoms with Crippen molar-refractivity contribution in [1.82, 2.24) is 5.32 Å². The Kier molecular flexibility index (Phi) is 6.17. The highest BCUT2D eigenvalue weighted by atomic mass is 35.5. The number of methoxy groups -OCH3 is 1. The molecule has 23 heavy (non-hydrogen) atoms. The van der Waals surface area contributed by atoms with Crippen molar-refractivity contribution >= 4 is 17.5 Å². The van der Waals surface area contributed by atoms with Gasteiger partial charge in [0.15, 0.2) is 11.5 Å². The largest absolute Gasteiger partial charge is 0.493 e. The number of benzene rings is 1. The van der Waals surface area contributed by atoms with Crippen LogP contribution in [0.5, 0.6) is 11.5 Å². The van der Waals surface area contributed by atoms with Gasteiger partial charge in [-0.2, -0.15) is 0 Å². The first-order chi connectivity index (χ1) is 11.0. The van der Waals surface area contributed by atoms with Gasteiger partial charge in [0.1, 0.15) is 0 Å². The van der Waals surface area contributed by atoms with Gasteiger partial charge in [-0.15, -0.1) is 0 Å². The molecule has 1 N–H and O–H groups in total. The number of rotatable bonds is 5. The number of hydrogen-bond acceptors (Lipinski definition) is 3. The van der Waals surface area contributed by atoms with Crippen LogP contribution in [0.15, 0.2) is 12.1 Å². The third-order valence-electron chi connectivity index (χ3n) is 4.80. The van der Waals surface area contributed by atoms with Crippen LogP contribution in [0.3, 0.4) is 0 Å². The molecule has 1 aromatic rings. The molecule has 4 nitrogen and oxygen atoms in total. The van der Waals surface area contributed by atoms with Crippen LogP contribution in [0.25, 0.3) is 0 Å². The second kappa shape index (κ2) is 7.91. The van der Waals surface area contributed by atoms with Crippen molar-refractivity contribution in [1.29, 1.82) is 0 Å². The maximum Gasteiger partial charge on any atom is 0.251 e. The van der Waals surface area contributed by atoms with Crippen molar-refractivity contribution in [2.45, 2.75) is 46.1 Å². The van der Waals surface area contributed by atoms with Crippen LogP contribution in [0.2, 0.25) is 5.02 Å². The SMILES string of the molecule is CCOc1c(Cl)cc(C(=O)N[C@@H]2CCC[C@H](C)[C@H]2C)cc1OC. The molecule has 0 unspecified atom stereocenters. The van der Waals surface area contributed by atoms with Gasteiger partial charge in [0.2, 0.25) is 0 Å². The highest BCUT2D eigenvalue weighted by molar-refractivity contribution is 6.32. The van der Waals surface area contributed by atoms with E-state index in [0.717, 1.165) is 12.8 Å². The molecule has 1 aliphatic carbocycles. The molecular weight excluding hydrogens is 314 g/mol. The predicted octanol–water partition coefficient (Wildman–Crippen LogP) is 4.30. The molecule has 0 saturated heterocycles. The average Bonchev–Trinajstić information content (AvgIpc) is 2.53. The van der Waals surface area contributed by atoms with E-state index in [1.807, 2.05) is 6.92 Å². The van der Waals surface area contributed by atoms with Crippen molar-refractivity contribution in [2.75, 3.05) is 13.7 Å². The molecule has 0 spiro atoms.